The van der Waals surface area contributed by atoms with Crippen molar-refractivity contribution in [3.63, 3.8) is 0 Å². The summed E-state index contributed by atoms with van der Waals surface area (Å²) in [5, 5.41) is 10.5. The molecule has 1 N–H and O–H groups in total. The number of halogens is 1. The van der Waals surface area contributed by atoms with E-state index >= 15 is 0 Å². The van der Waals surface area contributed by atoms with E-state index in [1.807, 2.05) is 62.4 Å². The van der Waals surface area contributed by atoms with Crippen molar-refractivity contribution in [1.29, 1.82) is 0 Å². The predicted molar refractivity (Wildman–Crippen MR) is 137 cm³/mol. The van der Waals surface area contributed by atoms with Gasteiger partial charge in [-0.1, -0.05) is 52.3 Å². The van der Waals surface area contributed by atoms with Gasteiger partial charge in [0.25, 0.3) is 5.91 Å². The number of amides is 1. The van der Waals surface area contributed by atoms with Gasteiger partial charge in [-0.15, -0.1) is 0 Å². The molecule has 0 bridgehead atoms. The van der Waals surface area contributed by atoms with Gasteiger partial charge in [-0.05, 0) is 74.2 Å². The SMILES string of the molecule is Cc1ccccc1OC(Oc1ccccc1C)(C(=O)O)C1CCN(C(=O)c2ccc(Br)cc2)CC1. The van der Waals surface area contributed by atoms with Gasteiger partial charge in [0.2, 0.25) is 0 Å². The Morgan fingerprint density at radius 3 is 1.80 bits per heavy atom. The zero-order valence-electron chi connectivity index (χ0n) is 19.7. The monoisotopic (exact) mass is 537 g/mol. The fourth-order valence-electron chi connectivity index (χ4n) is 4.36. The Morgan fingerprint density at radius 1 is 0.857 bits per heavy atom. The molecule has 0 aliphatic carbocycles. The number of carboxylic acids is 1. The number of carboxylic acid groups (broad SMARTS) is 1. The van der Waals surface area contributed by atoms with Crippen LogP contribution in [0.15, 0.2) is 77.3 Å². The van der Waals surface area contributed by atoms with Crippen molar-refractivity contribution in [3.05, 3.63) is 94.0 Å². The highest BCUT2D eigenvalue weighted by Gasteiger charge is 2.53. The molecule has 0 unspecified atom stereocenters. The van der Waals surface area contributed by atoms with Crippen LogP contribution in [0.25, 0.3) is 0 Å². The summed E-state index contributed by atoms with van der Waals surface area (Å²) in [7, 11) is 0. The van der Waals surface area contributed by atoms with Crippen LogP contribution in [0, 0.1) is 19.8 Å². The molecule has 3 aromatic carbocycles. The summed E-state index contributed by atoms with van der Waals surface area (Å²) in [4.78, 5) is 27.6. The Labute approximate surface area is 213 Å². The fourth-order valence-corrected chi connectivity index (χ4v) is 4.62. The number of para-hydroxylation sites is 2. The molecule has 1 amide bonds. The van der Waals surface area contributed by atoms with E-state index in [1.54, 1.807) is 29.2 Å². The highest BCUT2D eigenvalue weighted by Crippen LogP contribution is 2.37. The maximum absolute atomic E-state index is 13.0. The first-order valence-corrected chi connectivity index (χ1v) is 12.4. The van der Waals surface area contributed by atoms with Gasteiger partial charge in [0, 0.05) is 23.1 Å². The van der Waals surface area contributed by atoms with E-state index in [0.717, 1.165) is 15.6 Å². The van der Waals surface area contributed by atoms with Crippen LogP contribution in [0.4, 0.5) is 0 Å². The molecule has 35 heavy (non-hydrogen) atoms. The van der Waals surface area contributed by atoms with Crippen molar-refractivity contribution >= 4 is 27.8 Å². The molecule has 1 fully saturated rings. The Kier molecular flexibility index (Phi) is 7.45. The van der Waals surface area contributed by atoms with Crippen molar-refractivity contribution in [2.45, 2.75) is 32.5 Å². The molecule has 182 valence electrons. The number of carbonyl (C=O) groups excluding carboxylic acids is 1. The minimum Gasteiger partial charge on any atom is -0.475 e. The van der Waals surface area contributed by atoms with E-state index in [1.165, 1.54) is 0 Å². The van der Waals surface area contributed by atoms with Gasteiger partial charge in [-0.3, -0.25) is 4.79 Å². The van der Waals surface area contributed by atoms with Crippen LogP contribution in [-0.4, -0.2) is 40.8 Å². The summed E-state index contributed by atoms with van der Waals surface area (Å²) in [6.07, 6.45) is 0.846. The molecule has 7 heteroatoms. The predicted octanol–water partition coefficient (Wildman–Crippen LogP) is 5.86. The van der Waals surface area contributed by atoms with E-state index < -0.39 is 17.7 Å². The summed E-state index contributed by atoms with van der Waals surface area (Å²) in [6.45, 7) is 4.55. The summed E-state index contributed by atoms with van der Waals surface area (Å²) in [5.74, 6) is -2.77. The fraction of sp³-hybridized carbons (Fsp3) is 0.286. The lowest BCUT2D eigenvalue weighted by molar-refractivity contribution is -0.204. The first-order valence-electron chi connectivity index (χ1n) is 11.6. The third-order valence-electron chi connectivity index (χ3n) is 6.42. The third-order valence-corrected chi connectivity index (χ3v) is 6.95. The van der Waals surface area contributed by atoms with Crippen LogP contribution in [-0.2, 0) is 4.79 Å². The lowest BCUT2D eigenvalue weighted by Crippen LogP contribution is -2.59. The van der Waals surface area contributed by atoms with E-state index in [2.05, 4.69) is 15.9 Å². The van der Waals surface area contributed by atoms with Crippen LogP contribution in [0.2, 0.25) is 0 Å². The highest BCUT2D eigenvalue weighted by atomic mass is 79.9. The second kappa shape index (κ2) is 10.5. The van der Waals surface area contributed by atoms with Gasteiger partial charge < -0.3 is 19.5 Å². The number of hydrogen-bond donors (Lipinski definition) is 1. The van der Waals surface area contributed by atoms with Crippen molar-refractivity contribution in [2.75, 3.05) is 13.1 Å². The van der Waals surface area contributed by atoms with E-state index in [0.29, 0.717) is 43.0 Å². The number of benzene rings is 3. The summed E-state index contributed by atoms with van der Waals surface area (Å²) in [5.41, 5.74) is 2.23. The lowest BCUT2D eigenvalue weighted by Gasteiger charge is -2.41. The van der Waals surface area contributed by atoms with Crippen LogP contribution in [0.3, 0.4) is 0 Å². The van der Waals surface area contributed by atoms with Gasteiger partial charge in [-0.2, -0.15) is 0 Å². The number of ether oxygens (including phenoxy) is 2. The second-order valence-corrected chi connectivity index (χ2v) is 9.70. The van der Waals surface area contributed by atoms with E-state index in [-0.39, 0.29) is 5.91 Å². The summed E-state index contributed by atoms with van der Waals surface area (Å²) in [6, 6.07) is 21.8. The number of piperidine rings is 1. The maximum Gasteiger partial charge on any atom is 0.390 e. The average molecular weight is 538 g/mol. The topological polar surface area (TPSA) is 76.1 Å². The molecule has 1 aliphatic heterocycles. The third kappa shape index (κ3) is 5.35. The Morgan fingerprint density at radius 2 is 1.34 bits per heavy atom. The number of carbonyl (C=O) groups is 2. The first-order chi connectivity index (χ1) is 16.8. The van der Waals surface area contributed by atoms with Crippen LogP contribution in [0.1, 0.15) is 34.3 Å². The van der Waals surface area contributed by atoms with Gasteiger partial charge >= 0.3 is 11.8 Å². The number of likely N-dealkylation sites (tertiary alicyclic amines) is 1. The molecule has 1 heterocycles. The van der Waals surface area contributed by atoms with Gasteiger partial charge in [0.05, 0.1) is 5.92 Å². The van der Waals surface area contributed by atoms with Crippen molar-refractivity contribution in [1.82, 2.24) is 4.90 Å². The summed E-state index contributed by atoms with van der Waals surface area (Å²) >= 11 is 3.39. The molecule has 0 aromatic heterocycles. The molecule has 1 saturated heterocycles. The van der Waals surface area contributed by atoms with Crippen LogP contribution in [0.5, 0.6) is 11.5 Å². The number of hydrogen-bond acceptors (Lipinski definition) is 4. The van der Waals surface area contributed by atoms with Gasteiger partial charge in [-0.25, -0.2) is 4.79 Å². The average Bonchev–Trinajstić information content (AvgIpc) is 2.86. The standard InChI is InChI=1S/C28H28BrNO5/c1-19-7-3-5-9-24(19)34-28(27(32)33,35-25-10-6-4-8-20(25)2)22-15-17-30(18-16-22)26(31)21-11-13-23(29)14-12-21/h3-14,22H,15-18H2,1-2H3,(H,32,33). The van der Waals surface area contributed by atoms with E-state index in [4.69, 9.17) is 9.47 Å². The van der Waals surface area contributed by atoms with Crippen LogP contribution >= 0.6 is 15.9 Å². The second-order valence-electron chi connectivity index (χ2n) is 8.78. The van der Waals surface area contributed by atoms with E-state index in [9.17, 15) is 14.7 Å². The first kappa shape index (κ1) is 24.8. The minimum atomic E-state index is -1.94. The molecular weight excluding hydrogens is 510 g/mol. The maximum atomic E-state index is 13.0. The normalized spacial score (nSPS) is 14.4. The molecule has 4 rings (SSSR count). The van der Waals surface area contributed by atoms with Crippen LogP contribution < -0.4 is 9.47 Å². The van der Waals surface area contributed by atoms with Crippen molar-refractivity contribution in [2.24, 2.45) is 5.92 Å². The number of rotatable bonds is 7. The number of nitrogens with zero attached hydrogens (tertiary/aromatic N) is 1. The van der Waals surface area contributed by atoms with Crippen molar-refractivity contribution < 1.29 is 24.2 Å². The molecule has 0 radical (unpaired) electrons. The lowest BCUT2D eigenvalue weighted by atomic mass is 9.87. The summed E-state index contributed by atoms with van der Waals surface area (Å²) < 4.78 is 13.4. The molecule has 0 atom stereocenters. The molecular formula is C28H28BrNO5. The number of aliphatic carboxylic acids is 1. The Balaban J connectivity index is 1.62. The molecule has 3 aromatic rings. The Hall–Kier alpha value is -3.32. The molecule has 0 spiro atoms. The highest BCUT2D eigenvalue weighted by molar-refractivity contribution is 9.10. The smallest absolute Gasteiger partial charge is 0.390 e. The van der Waals surface area contributed by atoms with Gasteiger partial charge in [0.1, 0.15) is 11.5 Å². The zero-order valence-corrected chi connectivity index (χ0v) is 21.3. The zero-order chi connectivity index (χ0) is 25.0. The largest absolute Gasteiger partial charge is 0.475 e. The number of aryl methyl sites for hydroxylation is 2. The Bertz CT molecular complexity index is 1150. The molecule has 6 nitrogen and oxygen atoms in total. The molecule has 0 saturated carbocycles. The van der Waals surface area contributed by atoms with Gasteiger partial charge in [0.15, 0.2) is 0 Å². The molecule has 1 aliphatic rings. The minimum absolute atomic E-state index is 0.0727. The van der Waals surface area contributed by atoms with Crippen molar-refractivity contribution in [3.8, 4) is 11.5 Å². The quantitative estimate of drug-likeness (QED) is 0.382.